The maximum absolute atomic E-state index is 12.5. The number of hydrogen-bond acceptors (Lipinski definition) is 7. The van der Waals surface area contributed by atoms with E-state index >= 15 is 0 Å². The molecular weight excluding hydrogens is 470 g/mol. The molecule has 2 aromatic rings. The Kier molecular flexibility index (Phi) is 6.61. The lowest BCUT2D eigenvalue weighted by Gasteiger charge is -2.19. The van der Waals surface area contributed by atoms with Gasteiger partial charge < -0.3 is 5.32 Å². The van der Waals surface area contributed by atoms with Crippen LogP contribution in [-0.2, 0) is 24.4 Å². The number of anilines is 2. The van der Waals surface area contributed by atoms with Crippen molar-refractivity contribution in [1.82, 2.24) is 15.1 Å². The van der Waals surface area contributed by atoms with Crippen LogP contribution in [0.1, 0.15) is 32.1 Å². The molecule has 33 heavy (non-hydrogen) atoms. The predicted octanol–water partition coefficient (Wildman–Crippen LogP) is 2.43. The standard InChI is InChI=1S/C21H22ClN5O5S/c22-17-9-10-18(25-24-17)26-33(31,32)14-7-5-13(6-8-14)23-19(28)11-12-27-20(29)15-3-1-2-4-16(15)21(27)30/h5-10,15-16H,1-4,11-12H2,(H,23,28)(H,25,26)/t15-,16-/m1/s1. The summed E-state index contributed by atoms with van der Waals surface area (Å²) in [4.78, 5) is 38.5. The highest BCUT2D eigenvalue weighted by Gasteiger charge is 2.47. The molecular formula is C21H22ClN5O5S. The largest absolute Gasteiger partial charge is 0.326 e. The van der Waals surface area contributed by atoms with Crippen LogP contribution in [0.5, 0.6) is 0 Å². The van der Waals surface area contributed by atoms with Crippen molar-refractivity contribution in [3.05, 3.63) is 41.6 Å². The molecule has 12 heteroatoms. The van der Waals surface area contributed by atoms with Crippen LogP contribution in [0.25, 0.3) is 0 Å². The topological polar surface area (TPSA) is 138 Å². The SMILES string of the molecule is O=C(CCN1C(=O)[C@@H]2CCCC[C@H]2C1=O)Nc1ccc(S(=O)(=O)Nc2ccc(Cl)nn2)cc1. The van der Waals surface area contributed by atoms with E-state index in [-0.39, 0.29) is 58.4 Å². The fourth-order valence-electron chi connectivity index (χ4n) is 4.17. The van der Waals surface area contributed by atoms with Gasteiger partial charge >= 0.3 is 0 Å². The number of likely N-dealkylation sites (tertiary alicyclic amines) is 1. The van der Waals surface area contributed by atoms with Gasteiger partial charge in [-0.25, -0.2) is 8.42 Å². The van der Waals surface area contributed by atoms with Gasteiger partial charge in [0.2, 0.25) is 17.7 Å². The molecule has 1 aliphatic heterocycles. The first kappa shape index (κ1) is 23.1. The molecule has 2 N–H and O–H groups in total. The first-order valence-electron chi connectivity index (χ1n) is 10.5. The van der Waals surface area contributed by atoms with Gasteiger partial charge in [-0.05, 0) is 49.2 Å². The van der Waals surface area contributed by atoms with Gasteiger partial charge in [-0.15, -0.1) is 10.2 Å². The van der Waals surface area contributed by atoms with E-state index in [0.29, 0.717) is 5.69 Å². The number of rotatable bonds is 7. The second-order valence-electron chi connectivity index (χ2n) is 7.99. The van der Waals surface area contributed by atoms with E-state index in [4.69, 9.17) is 11.6 Å². The minimum absolute atomic E-state index is 0.0163. The van der Waals surface area contributed by atoms with E-state index in [9.17, 15) is 22.8 Å². The van der Waals surface area contributed by atoms with Crippen molar-refractivity contribution < 1.29 is 22.8 Å². The number of benzene rings is 1. The van der Waals surface area contributed by atoms with Gasteiger partial charge in [-0.3, -0.25) is 24.0 Å². The van der Waals surface area contributed by atoms with Crippen molar-refractivity contribution in [3.8, 4) is 0 Å². The number of fused-ring (bicyclic) bond motifs is 1. The average Bonchev–Trinajstić information content (AvgIpc) is 3.04. The van der Waals surface area contributed by atoms with Crippen molar-refractivity contribution in [2.75, 3.05) is 16.6 Å². The summed E-state index contributed by atoms with van der Waals surface area (Å²) in [7, 11) is -3.91. The van der Waals surface area contributed by atoms with Crippen molar-refractivity contribution in [1.29, 1.82) is 0 Å². The van der Waals surface area contributed by atoms with E-state index in [1.165, 1.54) is 41.3 Å². The zero-order chi connectivity index (χ0) is 23.6. The molecule has 1 aromatic heterocycles. The predicted molar refractivity (Wildman–Crippen MR) is 120 cm³/mol. The summed E-state index contributed by atoms with van der Waals surface area (Å²) >= 11 is 5.64. The molecule has 0 bridgehead atoms. The number of carbonyl (C=O) groups is 3. The van der Waals surface area contributed by atoms with Gasteiger partial charge in [0.25, 0.3) is 10.0 Å². The number of halogens is 1. The smallest absolute Gasteiger partial charge is 0.263 e. The van der Waals surface area contributed by atoms with E-state index in [0.717, 1.165) is 25.7 Å². The number of amides is 3. The summed E-state index contributed by atoms with van der Waals surface area (Å²) in [5.41, 5.74) is 0.387. The zero-order valence-electron chi connectivity index (χ0n) is 17.5. The number of imide groups is 1. The second kappa shape index (κ2) is 9.44. The number of sulfonamides is 1. The van der Waals surface area contributed by atoms with Gasteiger partial charge in [0.15, 0.2) is 11.0 Å². The minimum Gasteiger partial charge on any atom is -0.326 e. The summed E-state index contributed by atoms with van der Waals surface area (Å²) in [5, 5.41) is 10.0. The highest BCUT2D eigenvalue weighted by atomic mass is 35.5. The third kappa shape index (κ3) is 5.14. The molecule has 0 unspecified atom stereocenters. The number of carbonyl (C=O) groups excluding carboxylic acids is 3. The zero-order valence-corrected chi connectivity index (χ0v) is 19.1. The third-order valence-electron chi connectivity index (χ3n) is 5.81. The van der Waals surface area contributed by atoms with Gasteiger partial charge in [0.1, 0.15) is 0 Å². The average molecular weight is 492 g/mol. The molecule has 2 heterocycles. The second-order valence-corrected chi connectivity index (χ2v) is 10.1. The molecule has 1 saturated carbocycles. The van der Waals surface area contributed by atoms with E-state index < -0.39 is 10.0 Å². The lowest BCUT2D eigenvalue weighted by atomic mass is 9.81. The normalized spacial score (nSPS) is 20.5. The molecule has 2 aliphatic rings. The van der Waals surface area contributed by atoms with E-state index in [1.807, 2.05) is 0 Å². The van der Waals surface area contributed by atoms with E-state index in [2.05, 4.69) is 20.2 Å². The van der Waals surface area contributed by atoms with Gasteiger partial charge in [0, 0.05) is 18.7 Å². The van der Waals surface area contributed by atoms with Crippen LogP contribution in [0.2, 0.25) is 5.15 Å². The maximum Gasteiger partial charge on any atom is 0.263 e. The minimum atomic E-state index is -3.91. The molecule has 1 aromatic carbocycles. The van der Waals surface area contributed by atoms with Gasteiger partial charge in [-0.2, -0.15) is 0 Å². The molecule has 0 spiro atoms. The molecule has 174 valence electrons. The molecule has 2 atom stereocenters. The fourth-order valence-corrected chi connectivity index (χ4v) is 5.27. The van der Waals surface area contributed by atoms with E-state index in [1.54, 1.807) is 0 Å². The molecule has 2 fully saturated rings. The Morgan fingerprint density at radius 3 is 2.21 bits per heavy atom. The summed E-state index contributed by atoms with van der Waals surface area (Å²) in [6, 6.07) is 8.34. The number of aromatic nitrogens is 2. The molecule has 1 aliphatic carbocycles. The highest BCUT2D eigenvalue weighted by molar-refractivity contribution is 7.92. The number of hydrogen-bond donors (Lipinski definition) is 2. The van der Waals surface area contributed by atoms with Gasteiger partial charge in [0.05, 0.1) is 16.7 Å². The molecule has 1 saturated heterocycles. The Labute approximate surface area is 195 Å². The van der Waals surface area contributed by atoms with Crippen molar-refractivity contribution in [2.45, 2.75) is 37.0 Å². The fraction of sp³-hybridized carbons (Fsp3) is 0.381. The maximum atomic E-state index is 12.5. The first-order chi connectivity index (χ1) is 15.7. The molecule has 10 nitrogen and oxygen atoms in total. The molecule has 4 rings (SSSR count). The highest BCUT2D eigenvalue weighted by Crippen LogP contribution is 2.38. The van der Waals surface area contributed by atoms with Crippen molar-refractivity contribution in [2.24, 2.45) is 11.8 Å². The van der Waals surface area contributed by atoms with Crippen LogP contribution in [0.3, 0.4) is 0 Å². The Balaban J connectivity index is 1.32. The summed E-state index contributed by atoms with van der Waals surface area (Å²) in [6.45, 7) is 0.0367. The number of nitrogens with zero attached hydrogens (tertiary/aromatic N) is 3. The Morgan fingerprint density at radius 2 is 1.64 bits per heavy atom. The molecule has 3 amide bonds. The first-order valence-corrected chi connectivity index (χ1v) is 12.4. The van der Waals surface area contributed by atoms with Gasteiger partial charge in [-0.1, -0.05) is 24.4 Å². The summed E-state index contributed by atoms with van der Waals surface area (Å²) in [5.74, 6) is -1.19. The van der Waals surface area contributed by atoms with Crippen LogP contribution in [-0.4, -0.2) is 47.8 Å². The van der Waals surface area contributed by atoms with Crippen LogP contribution in [0, 0.1) is 11.8 Å². The Morgan fingerprint density at radius 1 is 1.00 bits per heavy atom. The van der Waals surface area contributed by atoms with Crippen molar-refractivity contribution >= 4 is 50.9 Å². The lowest BCUT2D eigenvalue weighted by molar-refractivity contribution is -0.140. The van der Waals surface area contributed by atoms with Crippen LogP contribution < -0.4 is 10.0 Å². The quantitative estimate of drug-likeness (QED) is 0.567. The summed E-state index contributed by atoms with van der Waals surface area (Å²) in [6.07, 6.45) is 3.32. The monoisotopic (exact) mass is 491 g/mol. The Hall–Kier alpha value is -3.05. The van der Waals surface area contributed by atoms with Crippen LogP contribution in [0.4, 0.5) is 11.5 Å². The number of nitrogens with one attached hydrogen (secondary N) is 2. The van der Waals surface area contributed by atoms with Crippen LogP contribution >= 0.6 is 11.6 Å². The lowest BCUT2D eigenvalue weighted by Crippen LogP contribution is -2.34. The third-order valence-corrected chi connectivity index (χ3v) is 7.39. The molecule has 0 radical (unpaired) electrons. The summed E-state index contributed by atoms with van der Waals surface area (Å²) < 4.78 is 27.2. The van der Waals surface area contributed by atoms with Crippen LogP contribution in [0.15, 0.2) is 41.3 Å². The Bertz CT molecular complexity index is 1150. The van der Waals surface area contributed by atoms with Crippen molar-refractivity contribution in [3.63, 3.8) is 0 Å².